The molecule has 25 heavy (non-hydrogen) atoms. The first kappa shape index (κ1) is 25.5. The maximum Gasteiger partial charge on any atom is 0.313 e. The van der Waals surface area contributed by atoms with Gasteiger partial charge in [0.25, 0.3) is 0 Å². The van der Waals surface area contributed by atoms with Crippen LogP contribution in [-0.2, 0) is 12.6 Å². The number of esters is 1. The minimum Gasteiger partial charge on any atom is -0.459 e. The smallest absolute Gasteiger partial charge is 0.313 e. The van der Waals surface area contributed by atoms with Gasteiger partial charge in [-0.15, -0.1) is 0 Å². The molecule has 4 nitrogen and oxygen atoms in total. The molecule has 1 unspecified atom stereocenters. The summed E-state index contributed by atoms with van der Waals surface area (Å²) in [6.07, 6.45) is -0.552. The molecule has 0 bridgehead atoms. The highest BCUT2D eigenvalue weighted by atomic mass is 127. The van der Waals surface area contributed by atoms with Crippen LogP contribution in [0.25, 0.3) is 0 Å². The molecule has 150 valence electrons. The fourth-order valence-electron chi connectivity index (χ4n) is 2.04. The number of halogens is 1. The summed E-state index contributed by atoms with van der Waals surface area (Å²) in [6, 6.07) is 0. The first-order valence-corrected chi connectivity index (χ1v) is 10.7. The lowest BCUT2D eigenvalue weighted by Gasteiger charge is -2.47. The van der Waals surface area contributed by atoms with Gasteiger partial charge in [0, 0.05) is 15.9 Å². The lowest BCUT2D eigenvalue weighted by Crippen LogP contribution is -2.52. The van der Waals surface area contributed by atoms with E-state index in [-0.39, 0.29) is 18.0 Å². The SMILES string of the molecule is CC(C)C(C)(C)C(C)(C)OC(=O)C(C)(C)C(C)(C)SCC(O)COI. The quantitative estimate of drug-likeness (QED) is 0.336. The molecule has 0 amide bonds. The van der Waals surface area contributed by atoms with Gasteiger partial charge in [-0.3, -0.25) is 4.79 Å². The van der Waals surface area contributed by atoms with Crippen LogP contribution in [0.15, 0.2) is 0 Å². The van der Waals surface area contributed by atoms with Crippen LogP contribution in [0.1, 0.15) is 69.2 Å². The van der Waals surface area contributed by atoms with Gasteiger partial charge in [0.1, 0.15) is 28.6 Å². The monoisotopic (exact) mass is 488 g/mol. The van der Waals surface area contributed by atoms with Gasteiger partial charge < -0.3 is 12.9 Å². The van der Waals surface area contributed by atoms with Crippen LogP contribution >= 0.6 is 34.8 Å². The van der Waals surface area contributed by atoms with Crippen molar-refractivity contribution in [3.05, 3.63) is 0 Å². The Morgan fingerprint density at radius 2 is 1.56 bits per heavy atom. The fourth-order valence-corrected chi connectivity index (χ4v) is 3.60. The molecule has 0 aromatic heterocycles. The molecule has 0 aliphatic heterocycles. The number of aliphatic hydroxyl groups is 1. The van der Waals surface area contributed by atoms with Gasteiger partial charge in [-0.25, -0.2) is 0 Å². The van der Waals surface area contributed by atoms with E-state index in [9.17, 15) is 9.90 Å². The van der Waals surface area contributed by atoms with Crippen LogP contribution in [-0.4, -0.2) is 39.9 Å². The van der Waals surface area contributed by atoms with E-state index in [1.54, 1.807) is 34.8 Å². The van der Waals surface area contributed by atoms with Gasteiger partial charge in [-0.1, -0.05) is 27.7 Å². The van der Waals surface area contributed by atoms with Gasteiger partial charge in [0.05, 0.1) is 18.1 Å². The molecular weight excluding hydrogens is 451 g/mol. The van der Waals surface area contributed by atoms with Crippen molar-refractivity contribution in [3.8, 4) is 0 Å². The minimum atomic E-state index is -0.701. The number of thioether (sulfide) groups is 1. The van der Waals surface area contributed by atoms with Crippen molar-refractivity contribution in [2.45, 2.75) is 85.7 Å². The first-order chi connectivity index (χ1) is 11.0. The molecule has 0 heterocycles. The molecule has 0 saturated heterocycles. The Morgan fingerprint density at radius 3 is 1.96 bits per heavy atom. The van der Waals surface area contributed by atoms with Crippen LogP contribution in [0.4, 0.5) is 0 Å². The van der Waals surface area contributed by atoms with Crippen molar-refractivity contribution >= 4 is 40.7 Å². The van der Waals surface area contributed by atoms with Crippen LogP contribution in [0.5, 0.6) is 0 Å². The first-order valence-electron chi connectivity index (χ1n) is 8.82. The topological polar surface area (TPSA) is 55.8 Å². The molecule has 0 fully saturated rings. The number of hydrogen-bond donors (Lipinski definition) is 1. The summed E-state index contributed by atoms with van der Waals surface area (Å²) in [5.74, 6) is 0.681. The van der Waals surface area contributed by atoms with E-state index in [2.05, 4.69) is 27.7 Å². The van der Waals surface area contributed by atoms with E-state index >= 15 is 0 Å². The maximum atomic E-state index is 13.0. The second kappa shape index (κ2) is 9.11. The van der Waals surface area contributed by atoms with Gasteiger partial charge in [-0.2, -0.15) is 11.8 Å². The number of carbonyl (C=O) groups is 1. The zero-order chi connectivity index (χ0) is 20.3. The summed E-state index contributed by atoms with van der Waals surface area (Å²) in [6.45, 7) is 20.7. The number of rotatable bonds is 10. The zero-order valence-corrected chi connectivity index (χ0v) is 20.5. The van der Waals surface area contributed by atoms with E-state index < -0.39 is 21.9 Å². The van der Waals surface area contributed by atoms with Gasteiger partial charge in [-0.05, 0) is 47.5 Å². The average molecular weight is 488 g/mol. The molecule has 1 atom stereocenters. The number of ether oxygens (including phenoxy) is 1. The Hall–Kier alpha value is 0.470. The molecule has 0 aliphatic carbocycles. The van der Waals surface area contributed by atoms with Crippen molar-refractivity contribution in [2.75, 3.05) is 12.4 Å². The molecule has 6 heteroatoms. The Morgan fingerprint density at radius 1 is 1.08 bits per heavy atom. The van der Waals surface area contributed by atoms with Crippen LogP contribution < -0.4 is 0 Å². The van der Waals surface area contributed by atoms with Crippen LogP contribution in [0.2, 0.25) is 0 Å². The summed E-state index contributed by atoms with van der Waals surface area (Å²) < 4.78 is 10.6. The van der Waals surface area contributed by atoms with E-state index in [1.165, 1.54) is 0 Å². The highest BCUT2D eigenvalue weighted by Crippen LogP contribution is 2.46. The predicted octanol–water partition coefficient (Wildman–Crippen LogP) is 5.26. The highest BCUT2D eigenvalue weighted by Gasteiger charge is 2.49. The third-order valence-electron chi connectivity index (χ3n) is 6.25. The summed E-state index contributed by atoms with van der Waals surface area (Å²) in [4.78, 5) is 13.0. The highest BCUT2D eigenvalue weighted by molar-refractivity contribution is 14.1. The summed E-state index contributed by atoms with van der Waals surface area (Å²) in [5, 5.41) is 9.90. The molecule has 0 aromatic carbocycles. The van der Waals surface area contributed by atoms with Crippen molar-refractivity contribution in [2.24, 2.45) is 16.7 Å². The number of hydrogen-bond acceptors (Lipinski definition) is 5. The molecule has 0 radical (unpaired) electrons. The summed E-state index contributed by atoms with van der Waals surface area (Å²) in [5.41, 5.74) is -1.43. The Balaban J connectivity index is 5.20. The molecule has 0 aromatic rings. The molecule has 1 N–H and O–H groups in total. The van der Waals surface area contributed by atoms with Crippen LogP contribution in [0.3, 0.4) is 0 Å². The third-order valence-corrected chi connectivity index (χ3v) is 8.39. The number of carbonyl (C=O) groups excluding carboxylic acids is 1. The van der Waals surface area contributed by atoms with Crippen molar-refractivity contribution < 1.29 is 17.7 Å². The number of aliphatic hydroxyl groups excluding tert-OH is 1. The Labute approximate surface area is 172 Å². The minimum absolute atomic E-state index is 0.149. The van der Waals surface area contributed by atoms with Gasteiger partial charge in [0.15, 0.2) is 0 Å². The van der Waals surface area contributed by atoms with Gasteiger partial charge in [0.2, 0.25) is 0 Å². The largest absolute Gasteiger partial charge is 0.459 e. The van der Waals surface area contributed by atoms with Crippen LogP contribution in [0, 0.1) is 16.7 Å². The van der Waals surface area contributed by atoms with Crippen molar-refractivity contribution in [1.82, 2.24) is 0 Å². The summed E-state index contributed by atoms with van der Waals surface area (Å²) >= 11 is 3.34. The zero-order valence-electron chi connectivity index (χ0n) is 17.5. The van der Waals surface area contributed by atoms with Crippen molar-refractivity contribution in [3.63, 3.8) is 0 Å². The van der Waals surface area contributed by atoms with E-state index in [0.717, 1.165) is 0 Å². The standard InChI is InChI=1S/C19H37IO4S/c1-13(2)16(3,4)18(7,8)24-15(22)17(5,6)19(9,10)25-12-14(21)11-23-20/h13-14,21H,11-12H2,1-10H3. The third kappa shape index (κ3) is 6.25. The molecular formula is C19H37IO4S. The fraction of sp³-hybridized carbons (Fsp3) is 0.947. The molecule has 0 spiro atoms. The van der Waals surface area contributed by atoms with E-state index in [1.807, 2.05) is 41.5 Å². The normalized spacial score (nSPS) is 15.4. The molecule has 0 saturated carbocycles. The Kier molecular flexibility index (Phi) is 9.28. The Bertz CT molecular complexity index is 445. The van der Waals surface area contributed by atoms with E-state index in [0.29, 0.717) is 11.7 Å². The molecule has 0 aliphatic rings. The summed E-state index contributed by atoms with van der Waals surface area (Å²) in [7, 11) is 0. The second-order valence-electron chi connectivity index (χ2n) is 9.15. The van der Waals surface area contributed by atoms with Crippen molar-refractivity contribution in [1.29, 1.82) is 0 Å². The van der Waals surface area contributed by atoms with Gasteiger partial charge >= 0.3 is 5.97 Å². The second-order valence-corrected chi connectivity index (χ2v) is 11.4. The lowest BCUT2D eigenvalue weighted by atomic mass is 9.69. The average Bonchev–Trinajstić information content (AvgIpc) is 2.44. The maximum absolute atomic E-state index is 13.0. The lowest BCUT2D eigenvalue weighted by molar-refractivity contribution is -0.184. The molecule has 0 rings (SSSR count). The van der Waals surface area contributed by atoms with E-state index in [4.69, 9.17) is 7.80 Å². The predicted molar refractivity (Wildman–Crippen MR) is 115 cm³/mol.